The number of benzene rings is 1. The summed E-state index contributed by atoms with van der Waals surface area (Å²) in [5, 5.41) is 0.761. The van der Waals surface area contributed by atoms with Gasteiger partial charge in [-0.3, -0.25) is 4.98 Å². The van der Waals surface area contributed by atoms with Gasteiger partial charge in [-0.15, -0.1) is 0 Å². The number of hydrogen-bond acceptors (Lipinski definition) is 2. The second kappa shape index (κ2) is 8.19. The van der Waals surface area contributed by atoms with Crippen LogP contribution in [0.2, 0.25) is 10.0 Å². The Balaban J connectivity index is 0.00000220. The summed E-state index contributed by atoms with van der Waals surface area (Å²) in [4.78, 5) is 3.52. The number of rotatable bonds is 4. The van der Waals surface area contributed by atoms with Crippen molar-refractivity contribution in [3.8, 4) is 5.75 Å². The smallest absolute Gasteiger partial charge is 0.487 e. The Labute approximate surface area is 172 Å². The van der Waals surface area contributed by atoms with Crippen molar-refractivity contribution in [3.05, 3.63) is 52.3 Å². The van der Waals surface area contributed by atoms with Crippen molar-refractivity contribution in [1.82, 2.24) is 4.98 Å². The first-order chi connectivity index (χ1) is 9.36. The molecular weight excluding hydrogens is 352 g/mol. The molecule has 0 fully saturated rings. The summed E-state index contributed by atoms with van der Waals surface area (Å²) in [5.74, 6) is 0.0489. The van der Waals surface area contributed by atoms with Crippen LogP contribution in [0.5, 0.6) is 5.75 Å². The maximum Gasteiger partial charge on any atom is 1.00 e. The molecule has 0 aliphatic rings. The molecule has 0 amide bonds. The number of halogens is 5. The maximum atomic E-state index is 12.6. The van der Waals surface area contributed by atoms with E-state index in [2.05, 4.69) is 4.98 Å². The van der Waals surface area contributed by atoms with Crippen molar-refractivity contribution in [3.63, 3.8) is 0 Å². The Morgan fingerprint density at radius 3 is 2.38 bits per heavy atom. The molecule has 2 aromatic rings. The number of aromatic nitrogens is 1. The summed E-state index contributed by atoms with van der Waals surface area (Å²) in [7, 11) is 0. The molecule has 1 aromatic carbocycles. The first-order valence-electron chi connectivity index (χ1n) is 5.58. The first-order valence-corrected chi connectivity index (χ1v) is 6.33. The van der Waals surface area contributed by atoms with Crippen LogP contribution in [0.1, 0.15) is 5.56 Å². The van der Waals surface area contributed by atoms with Gasteiger partial charge in [0.05, 0.1) is 16.2 Å². The molecule has 0 N–H and O–H groups in total. The molecule has 0 aliphatic carbocycles. The van der Waals surface area contributed by atoms with Crippen LogP contribution in [-0.4, -0.2) is 12.0 Å². The van der Waals surface area contributed by atoms with E-state index < -0.39 is 12.4 Å². The topological polar surface area (TPSA) is 22.1 Å². The molecule has 0 atom stereocenters. The Hall–Kier alpha value is 0.241. The molecule has 106 valence electrons. The minimum atomic E-state index is -5.09. The van der Waals surface area contributed by atoms with Crippen LogP contribution >= 0.6 is 23.2 Å². The van der Waals surface area contributed by atoms with E-state index in [1.165, 1.54) is 6.20 Å². The normalized spacial score (nSPS) is 10.9. The Morgan fingerprint density at radius 2 is 1.76 bits per heavy atom. The van der Waals surface area contributed by atoms with E-state index >= 15 is 0 Å². The van der Waals surface area contributed by atoms with Gasteiger partial charge in [-0.05, 0) is 23.8 Å². The zero-order valence-corrected chi connectivity index (χ0v) is 15.6. The van der Waals surface area contributed by atoms with Gasteiger partial charge in [0.1, 0.15) is 12.4 Å². The van der Waals surface area contributed by atoms with Gasteiger partial charge in [0.15, 0.2) is 0 Å². The summed E-state index contributed by atoms with van der Waals surface area (Å²) >= 11 is 11.6. The second-order valence-corrected chi connectivity index (χ2v) is 4.88. The predicted octanol–water partition coefficient (Wildman–Crippen LogP) is 1.03. The predicted molar refractivity (Wildman–Crippen MR) is 73.7 cm³/mol. The molecule has 0 saturated heterocycles. The number of pyridine rings is 1. The molecule has 1 aromatic heterocycles. The van der Waals surface area contributed by atoms with Crippen molar-refractivity contribution >= 4 is 35.6 Å². The third-order valence-electron chi connectivity index (χ3n) is 2.50. The fourth-order valence-corrected chi connectivity index (χ4v) is 1.81. The summed E-state index contributed by atoms with van der Waals surface area (Å²) < 4.78 is 43.0. The number of hydrogen-bond donors (Lipinski definition) is 0. The fraction of sp³-hybridized carbons (Fsp3) is 0.0833. The minimum Gasteiger partial charge on any atom is -0.487 e. The SMILES string of the molecule is F[B-](F)(F)c1cncc(OCc2ccc(Cl)c(Cl)c2)c1.[K+]. The Morgan fingerprint density at radius 1 is 1.05 bits per heavy atom. The van der Waals surface area contributed by atoms with Gasteiger partial charge in [-0.1, -0.05) is 34.7 Å². The van der Waals surface area contributed by atoms with E-state index in [0.29, 0.717) is 15.6 Å². The van der Waals surface area contributed by atoms with Gasteiger partial charge in [0, 0.05) is 6.20 Å². The largest absolute Gasteiger partial charge is 1.00 e. The van der Waals surface area contributed by atoms with Crippen molar-refractivity contribution in [2.45, 2.75) is 6.61 Å². The van der Waals surface area contributed by atoms with Crippen LogP contribution in [-0.2, 0) is 6.61 Å². The third-order valence-corrected chi connectivity index (χ3v) is 3.24. The van der Waals surface area contributed by atoms with Crippen molar-refractivity contribution < 1.29 is 69.1 Å². The van der Waals surface area contributed by atoms with Crippen molar-refractivity contribution in [2.75, 3.05) is 0 Å². The molecule has 2 nitrogen and oxygen atoms in total. The van der Waals surface area contributed by atoms with Crippen LogP contribution < -0.4 is 61.6 Å². The molecule has 0 spiro atoms. The average Bonchev–Trinajstić information content (AvgIpc) is 2.39. The molecule has 21 heavy (non-hydrogen) atoms. The number of nitrogens with zero attached hydrogens (tertiary/aromatic N) is 1. The quantitative estimate of drug-likeness (QED) is 0.760. The molecule has 0 radical (unpaired) electrons. The molecule has 0 unspecified atom stereocenters. The summed E-state index contributed by atoms with van der Waals surface area (Å²) in [5.41, 5.74) is -0.0982. The standard InChI is InChI=1S/C12H8BCl2F3NO.K/c14-11-2-1-8(3-12(11)15)7-20-10-4-9(5-19-6-10)13(16,17)18;/h1-6H,7H2;/q-1;+1. The van der Waals surface area contributed by atoms with Gasteiger partial charge in [0.2, 0.25) is 0 Å². The first kappa shape index (κ1) is 19.3. The van der Waals surface area contributed by atoms with Gasteiger partial charge >= 0.3 is 58.4 Å². The molecule has 0 saturated carbocycles. The van der Waals surface area contributed by atoms with E-state index in [9.17, 15) is 12.9 Å². The zero-order valence-electron chi connectivity index (χ0n) is 11.0. The molecular formula is C12H8BCl2F3KNO. The monoisotopic (exact) mass is 359 g/mol. The zero-order chi connectivity index (χ0) is 14.8. The Kier molecular flexibility index (Phi) is 7.53. The van der Waals surface area contributed by atoms with E-state index in [0.717, 1.165) is 12.3 Å². The van der Waals surface area contributed by atoms with Gasteiger partial charge in [-0.25, -0.2) is 0 Å². The molecule has 9 heteroatoms. The third kappa shape index (κ3) is 5.74. The van der Waals surface area contributed by atoms with Gasteiger partial charge in [0.25, 0.3) is 0 Å². The van der Waals surface area contributed by atoms with Crippen LogP contribution in [0, 0.1) is 0 Å². The minimum absolute atomic E-state index is 0. The summed E-state index contributed by atoms with van der Waals surface area (Å²) in [6, 6.07) is 5.79. The molecule has 0 aliphatic heterocycles. The number of ether oxygens (including phenoxy) is 1. The second-order valence-electron chi connectivity index (χ2n) is 4.07. The fourth-order valence-electron chi connectivity index (χ4n) is 1.49. The summed E-state index contributed by atoms with van der Waals surface area (Å²) in [6.07, 6.45) is 1.99. The summed E-state index contributed by atoms with van der Waals surface area (Å²) in [6.45, 7) is -5.01. The van der Waals surface area contributed by atoms with Gasteiger partial charge in [-0.2, -0.15) is 0 Å². The van der Waals surface area contributed by atoms with E-state index in [1.54, 1.807) is 18.2 Å². The van der Waals surface area contributed by atoms with Crippen molar-refractivity contribution in [1.29, 1.82) is 0 Å². The average molecular weight is 360 g/mol. The van der Waals surface area contributed by atoms with Crippen LogP contribution in [0.4, 0.5) is 12.9 Å². The van der Waals surface area contributed by atoms with Crippen LogP contribution in [0.15, 0.2) is 36.7 Å². The van der Waals surface area contributed by atoms with Crippen molar-refractivity contribution in [2.24, 2.45) is 0 Å². The molecule has 0 bridgehead atoms. The molecule has 1 heterocycles. The van der Waals surface area contributed by atoms with E-state index in [4.69, 9.17) is 27.9 Å². The van der Waals surface area contributed by atoms with Crippen LogP contribution in [0.25, 0.3) is 0 Å². The van der Waals surface area contributed by atoms with Gasteiger partial charge < -0.3 is 17.7 Å². The van der Waals surface area contributed by atoms with E-state index in [1.807, 2.05) is 0 Å². The van der Waals surface area contributed by atoms with E-state index in [-0.39, 0.29) is 63.7 Å². The molecule has 2 rings (SSSR count). The van der Waals surface area contributed by atoms with Crippen LogP contribution in [0.3, 0.4) is 0 Å². The Bertz CT molecular complexity index is 628. The maximum absolute atomic E-state index is 12.6.